The van der Waals surface area contributed by atoms with E-state index in [1.54, 1.807) is 6.92 Å². The highest BCUT2D eigenvalue weighted by atomic mass is 32.2. The van der Waals surface area contributed by atoms with Crippen LogP contribution in [0, 0.1) is 17.3 Å². The van der Waals surface area contributed by atoms with Crippen molar-refractivity contribution >= 4 is 74.9 Å². The minimum absolute atomic E-state index is 0.0110. The Morgan fingerprint density at radius 2 is 1.72 bits per heavy atom. The van der Waals surface area contributed by atoms with Crippen LogP contribution in [0.5, 0.6) is 0 Å². The molecule has 11 atom stereocenters. The third kappa shape index (κ3) is 17.0. The van der Waals surface area contributed by atoms with Crippen molar-refractivity contribution < 1.29 is 104 Å². The number of nitrogens with two attached hydrogens (primary N) is 1. The summed E-state index contributed by atoms with van der Waals surface area (Å²) < 4.78 is 97.5. The van der Waals surface area contributed by atoms with Gasteiger partial charge in [0.2, 0.25) is 17.6 Å². The van der Waals surface area contributed by atoms with Gasteiger partial charge in [0.05, 0.1) is 25.6 Å². The van der Waals surface area contributed by atoms with Crippen LogP contribution in [0.3, 0.4) is 0 Å². The van der Waals surface area contributed by atoms with E-state index in [0.29, 0.717) is 25.7 Å². The number of amides is 2. The summed E-state index contributed by atoms with van der Waals surface area (Å²) in [5.41, 5.74) is 4.21. The van der Waals surface area contributed by atoms with Crippen molar-refractivity contribution in [3.63, 3.8) is 0 Å². The lowest BCUT2D eigenvalue weighted by Gasteiger charge is -2.43. The maximum atomic E-state index is 14.7. The SMILES string of the molecule is CCCCC(F)(F)C1(O)CCC2C(CC(=O)C2CCCCCCC(=O)SCCNC(=O)CCNC(=O)C(O)C(C)(C)COP(=O)(O)OP(=O)(O)OCC2OC(n3cnc4c(N)ncnc43)C(O)C2OP(=O)(O)O)O1. The summed E-state index contributed by atoms with van der Waals surface area (Å²) >= 11 is 1.04. The first-order valence-electron chi connectivity index (χ1n) is 23.8. The quantitative estimate of drug-likeness (QED) is 0.0397. The Kier molecular flexibility index (Phi) is 21.8. The lowest BCUT2D eigenvalue weighted by atomic mass is 9.81. The highest BCUT2D eigenvalue weighted by Crippen LogP contribution is 2.61. The predicted molar refractivity (Wildman–Crippen MR) is 255 cm³/mol. The summed E-state index contributed by atoms with van der Waals surface area (Å²) in [5.74, 6) is -7.77. The second-order valence-corrected chi connectivity index (χ2v) is 24.4. The molecule has 1 saturated carbocycles. The van der Waals surface area contributed by atoms with Gasteiger partial charge in [-0.15, -0.1) is 0 Å². The number of unbranched alkanes of at least 4 members (excludes halogenated alkanes) is 4. The first-order chi connectivity index (χ1) is 34.5. The van der Waals surface area contributed by atoms with Crippen LogP contribution in [0.15, 0.2) is 12.7 Å². The number of nitrogens with one attached hydrogen (secondary N) is 2. The number of carbonyl (C=O) groups is 4. The zero-order valence-corrected chi connectivity index (χ0v) is 44.3. The molecule has 4 heterocycles. The minimum atomic E-state index is -5.61. The molecule has 2 aliphatic heterocycles. The molecule has 3 fully saturated rings. The van der Waals surface area contributed by atoms with Crippen molar-refractivity contribution in [1.82, 2.24) is 30.2 Å². The summed E-state index contributed by atoms with van der Waals surface area (Å²) in [5, 5.41) is 37.1. The van der Waals surface area contributed by atoms with Crippen LogP contribution in [0.2, 0.25) is 0 Å². The number of hydrogen-bond donors (Lipinski definition) is 10. The molecule has 2 aromatic rings. The molecule has 0 spiro atoms. The van der Waals surface area contributed by atoms with Crippen LogP contribution < -0.4 is 16.4 Å². The number of rotatable bonds is 30. The van der Waals surface area contributed by atoms with Gasteiger partial charge in [-0.25, -0.2) is 37.4 Å². The third-order valence-corrected chi connectivity index (χ3v) is 16.8. The number of anilines is 1. The Labute approximate surface area is 428 Å². The molecule has 0 bridgehead atoms. The molecule has 5 rings (SSSR count). The Bertz CT molecular complexity index is 2420. The van der Waals surface area contributed by atoms with E-state index in [1.807, 2.05) is 0 Å². The number of thioether (sulfide) groups is 1. The Hall–Kier alpha value is -2.99. The van der Waals surface area contributed by atoms with Gasteiger partial charge in [-0.1, -0.05) is 58.2 Å². The number of Topliss-reactive ketones (excluding diaryl/α,β-unsaturated/α-hetero) is 1. The molecule has 33 heteroatoms. The third-order valence-electron chi connectivity index (χ3n) is 12.8. The number of nitrogens with zero attached hydrogens (tertiary/aromatic N) is 4. The monoisotopic (exact) mass is 1140 g/mol. The summed E-state index contributed by atoms with van der Waals surface area (Å²) in [7, 11) is -16.5. The van der Waals surface area contributed by atoms with E-state index >= 15 is 0 Å². The fourth-order valence-electron chi connectivity index (χ4n) is 8.78. The molecular formula is C41H66F2N7O20P3S. The molecule has 0 aromatic carbocycles. The fourth-order valence-corrected chi connectivity index (χ4v) is 12.3. The van der Waals surface area contributed by atoms with Crippen LogP contribution in [0.25, 0.3) is 11.2 Å². The van der Waals surface area contributed by atoms with Gasteiger partial charge in [0.15, 0.2) is 22.8 Å². The smallest absolute Gasteiger partial charge is 0.386 e. The molecule has 2 amide bonds. The predicted octanol–water partition coefficient (Wildman–Crippen LogP) is 2.90. The van der Waals surface area contributed by atoms with E-state index in [0.717, 1.165) is 48.2 Å². The number of hydrogen-bond acceptors (Lipinski definition) is 21. The number of phosphoric ester groups is 3. The Morgan fingerprint density at radius 1 is 1.01 bits per heavy atom. The number of fused-ring (bicyclic) bond motifs is 2. The van der Waals surface area contributed by atoms with E-state index in [9.17, 15) is 76.5 Å². The number of nitrogen functional groups attached to an aromatic ring is 1. The van der Waals surface area contributed by atoms with Crippen LogP contribution in [-0.2, 0) is 60.2 Å². The minimum Gasteiger partial charge on any atom is -0.386 e. The highest BCUT2D eigenvalue weighted by molar-refractivity contribution is 8.13. The van der Waals surface area contributed by atoms with Crippen molar-refractivity contribution in [2.75, 3.05) is 37.8 Å². The maximum absolute atomic E-state index is 14.7. The van der Waals surface area contributed by atoms with Gasteiger partial charge in [-0.05, 0) is 31.6 Å². The van der Waals surface area contributed by atoms with Gasteiger partial charge in [0, 0.05) is 62.3 Å². The van der Waals surface area contributed by atoms with Crippen LogP contribution >= 0.6 is 35.2 Å². The first kappa shape index (κ1) is 61.9. The van der Waals surface area contributed by atoms with Crippen molar-refractivity contribution in [1.29, 1.82) is 0 Å². The highest BCUT2D eigenvalue weighted by Gasteiger charge is 2.60. The number of imidazole rings is 1. The zero-order chi connectivity index (χ0) is 54.9. The van der Waals surface area contributed by atoms with Gasteiger partial charge < -0.3 is 60.7 Å². The first-order valence-corrected chi connectivity index (χ1v) is 29.3. The topological polar surface area (TPSA) is 410 Å². The second kappa shape index (κ2) is 26.1. The standard InChI is InChI=1S/C41H66F2N7O20P3S/c1-4-5-14-40(42,43)41(57)15-12-25-24(26(51)19-27(25)68-41)10-8-6-7-9-11-30(53)74-18-17-45-29(52)13-16-46-37(56)34(55)39(2,3)21-66-73(63,64)70-72(61,62)65-20-28-33(69-71(58,59)60)32(54)38(67-28)50-23-49-31-35(44)47-22-48-36(31)50/h22-25,27-28,32-34,38,54-55,57H,4-21H2,1-3H3,(H,45,52)(H,46,56)(H,61,62)(H,63,64)(H2,44,47,48)(H2,58,59,60). The molecule has 3 aliphatic rings. The van der Waals surface area contributed by atoms with E-state index in [1.165, 1.54) is 13.8 Å². The zero-order valence-electron chi connectivity index (χ0n) is 40.8. The molecule has 11 N–H and O–H groups in total. The number of halogens is 2. The van der Waals surface area contributed by atoms with Crippen molar-refractivity contribution in [3.05, 3.63) is 12.7 Å². The molecular weight excluding hydrogens is 1070 g/mol. The summed E-state index contributed by atoms with van der Waals surface area (Å²) in [6.45, 7) is 2.08. The average molecular weight is 1140 g/mol. The molecule has 74 heavy (non-hydrogen) atoms. The summed E-state index contributed by atoms with van der Waals surface area (Å²) in [4.78, 5) is 101. The number of ketones is 1. The average Bonchev–Trinajstić information content (AvgIpc) is 3.97. The van der Waals surface area contributed by atoms with Gasteiger partial charge in [0.1, 0.15) is 42.0 Å². The van der Waals surface area contributed by atoms with Crippen molar-refractivity contribution in [2.24, 2.45) is 17.3 Å². The Morgan fingerprint density at radius 3 is 2.42 bits per heavy atom. The number of carbonyl (C=O) groups excluding carboxylic acids is 4. The summed E-state index contributed by atoms with van der Waals surface area (Å²) in [6, 6.07) is 0. The lowest BCUT2D eigenvalue weighted by molar-refractivity contribution is -0.356. The number of aromatic nitrogens is 4. The Balaban J connectivity index is 0.930. The molecule has 0 radical (unpaired) electrons. The van der Waals surface area contributed by atoms with E-state index in [2.05, 4.69) is 34.4 Å². The largest absolute Gasteiger partial charge is 0.481 e. The van der Waals surface area contributed by atoms with Gasteiger partial charge >= 0.3 is 29.4 Å². The van der Waals surface area contributed by atoms with Crippen molar-refractivity contribution in [3.8, 4) is 0 Å². The van der Waals surface area contributed by atoms with Gasteiger partial charge in [-0.2, -0.15) is 4.31 Å². The van der Waals surface area contributed by atoms with Crippen molar-refractivity contribution in [2.45, 2.75) is 153 Å². The van der Waals surface area contributed by atoms with Crippen LogP contribution in [-0.4, -0.2) is 151 Å². The number of phosphoric acid groups is 3. The molecule has 2 aromatic heterocycles. The molecule has 1 aliphatic carbocycles. The van der Waals surface area contributed by atoms with Gasteiger partial charge in [-0.3, -0.25) is 37.3 Å². The number of alkyl halides is 2. The van der Waals surface area contributed by atoms with E-state index < -0.39 is 109 Å². The van der Waals surface area contributed by atoms with E-state index in [4.69, 9.17) is 24.3 Å². The second-order valence-electron chi connectivity index (χ2n) is 19.0. The van der Waals surface area contributed by atoms with Gasteiger partial charge in [0.25, 0.3) is 0 Å². The number of aliphatic hydroxyl groups is 3. The number of ether oxygens (including phenoxy) is 2. The summed E-state index contributed by atoms with van der Waals surface area (Å²) in [6.07, 6.45) is -3.73. The molecule has 420 valence electrons. The normalized spacial score (nSPS) is 26.6. The number of aliphatic hydroxyl groups excluding tert-OH is 2. The molecule has 27 nitrogen and oxygen atoms in total. The molecule has 2 saturated heterocycles. The fraction of sp³-hybridized carbons (Fsp3) is 0.780. The van der Waals surface area contributed by atoms with Crippen LogP contribution in [0.4, 0.5) is 14.6 Å². The maximum Gasteiger partial charge on any atom is 0.481 e. The van der Waals surface area contributed by atoms with Crippen LogP contribution in [0.1, 0.15) is 110 Å². The lowest BCUT2D eigenvalue weighted by Crippen LogP contribution is -2.55. The van der Waals surface area contributed by atoms with E-state index in [-0.39, 0.29) is 90.7 Å². The molecule has 11 unspecified atom stereocenters.